The van der Waals surface area contributed by atoms with E-state index in [0.29, 0.717) is 13.2 Å². The van der Waals surface area contributed by atoms with Gasteiger partial charge in [-0.2, -0.15) is 0 Å². The molecular formula is C9H19N3O3. The molecule has 0 spiro atoms. The summed E-state index contributed by atoms with van der Waals surface area (Å²) in [6, 6.07) is -0.582. The van der Waals surface area contributed by atoms with Crippen LogP contribution in [0.25, 0.3) is 0 Å². The lowest BCUT2D eigenvalue weighted by molar-refractivity contribution is -0.135. The molecule has 15 heavy (non-hydrogen) atoms. The summed E-state index contributed by atoms with van der Waals surface area (Å²) in [5.41, 5.74) is 5.39. The van der Waals surface area contributed by atoms with Gasteiger partial charge in [-0.3, -0.25) is 9.59 Å². The van der Waals surface area contributed by atoms with Crippen LogP contribution < -0.4 is 11.1 Å². The van der Waals surface area contributed by atoms with Crippen LogP contribution in [-0.2, 0) is 14.3 Å². The molecule has 0 aliphatic heterocycles. The van der Waals surface area contributed by atoms with Crippen molar-refractivity contribution in [3.05, 3.63) is 0 Å². The molecule has 0 aliphatic rings. The SMILES string of the molecule is COCCNC(=O)CN(C)C(=O)[C@H](C)N. The maximum atomic E-state index is 11.3. The van der Waals surface area contributed by atoms with Crippen LogP contribution in [0.15, 0.2) is 0 Å². The molecule has 0 aliphatic carbocycles. The van der Waals surface area contributed by atoms with E-state index in [1.807, 2.05) is 0 Å². The fraction of sp³-hybridized carbons (Fsp3) is 0.778. The molecule has 0 saturated carbocycles. The Labute approximate surface area is 89.7 Å². The monoisotopic (exact) mass is 217 g/mol. The molecular weight excluding hydrogens is 198 g/mol. The molecule has 0 heterocycles. The molecule has 0 aromatic carbocycles. The first-order chi connectivity index (χ1) is 6.99. The third-order valence-corrected chi connectivity index (χ3v) is 1.77. The summed E-state index contributed by atoms with van der Waals surface area (Å²) in [5.74, 6) is -0.472. The lowest BCUT2D eigenvalue weighted by Gasteiger charge is -2.18. The molecule has 3 N–H and O–H groups in total. The molecule has 0 unspecified atom stereocenters. The lowest BCUT2D eigenvalue weighted by Crippen LogP contribution is -2.45. The van der Waals surface area contributed by atoms with E-state index < -0.39 is 6.04 Å². The van der Waals surface area contributed by atoms with Crippen molar-refractivity contribution in [3.63, 3.8) is 0 Å². The van der Waals surface area contributed by atoms with Crippen molar-refractivity contribution < 1.29 is 14.3 Å². The van der Waals surface area contributed by atoms with Gasteiger partial charge in [0.1, 0.15) is 0 Å². The minimum atomic E-state index is -0.582. The molecule has 0 fully saturated rings. The number of carbonyl (C=O) groups is 2. The highest BCUT2D eigenvalue weighted by Crippen LogP contribution is 1.88. The van der Waals surface area contributed by atoms with Crippen molar-refractivity contribution in [1.82, 2.24) is 10.2 Å². The molecule has 88 valence electrons. The second kappa shape index (κ2) is 7.19. The van der Waals surface area contributed by atoms with Crippen LogP contribution in [0, 0.1) is 0 Å². The summed E-state index contributed by atoms with van der Waals surface area (Å²) in [5, 5.41) is 2.61. The maximum Gasteiger partial charge on any atom is 0.239 e. The van der Waals surface area contributed by atoms with Crippen molar-refractivity contribution in [2.75, 3.05) is 33.9 Å². The topological polar surface area (TPSA) is 84.7 Å². The Balaban J connectivity index is 3.81. The molecule has 0 aromatic heterocycles. The zero-order chi connectivity index (χ0) is 11.8. The first kappa shape index (κ1) is 13.9. The average Bonchev–Trinajstić information content (AvgIpc) is 2.16. The summed E-state index contributed by atoms with van der Waals surface area (Å²) in [4.78, 5) is 23.9. The Morgan fingerprint density at radius 1 is 1.53 bits per heavy atom. The van der Waals surface area contributed by atoms with E-state index >= 15 is 0 Å². The van der Waals surface area contributed by atoms with E-state index in [0.717, 1.165) is 0 Å². The van der Waals surface area contributed by atoms with Crippen LogP contribution >= 0.6 is 0 Å². The Morgan fingerprint density at radius 3 is 2.60 bits per heavy atom. The van der Waals surface area contributed by atoms with Crippen molar-refractivity contribution in [1.29, 1.82) is 0 Å². The number of ether oxygens (including phenoxy) is 1. The maximum absolute atomic E-state index is 11.3. The van der Waals surface area contributed by atoms with Crippen LogP contribution in [0.4, 0.5) is 0 Å². The first-order valence-electron chi connectivity index (χ1n) is 4.75. The minimum Gasteiger partial charge on any atom is -0.383 e. The molecule has 0 radical (unpaired) electrons. The molecule has 0 saturated heterocycles. The van der Waals surface area contributed by atoms with Crippen LogP contribution in [0.3, 0.4) is 0 Å². The van der Waals surface area contributed by atoms with Gasteiger partial charge in [-0.1, -0.05) is 0 Å². The van der Waals surface area contributed by atoms with Crippen LogP contribution in [0.2, 0.25) is 0 Å². The van der Waals surface area contributed by atoms with E-state index in [-0.39, 0.29) is 18.4 Å². The number of nitrogens with one attached hydrogen (secondary N) is 1. The van der Waals surface area contributed by atoms with Gasteiger partial charge in [-0.15, -0.1) is 0 Å². The molecule has 0 bridgehead atoms. The lowest BCUT2D eigenvalue weighted by atomic mass is 10.3. The van der Waals surface area contributed by atoms with Crippen molar-refractivity contribution in [3.8, 4) is 0 Å². The van der Waals surface area contributed by atoms with Gasteiger partial charge in [-0.05, 0) is 6.92 Å². The second-order valence-corrected chi connectivity index (χ2v) is 3.33. The highest BCUT2D eigenvalue weighted by Gasteiger charge is 2.15. The van der Waals surface area contributed by atoms with Crippen LogP contribution in [0.1, 0.15) is 6.92 Å². The third kappa shape index (κ3) is 6.03. The number of hydrogen-bond acceptors (Lipinski definition) is 4. The van der Waals surface area contributed by atoms with E-state index in [4.69, 9.17) is 10.5 Å². The number of likely N-dealkylation sites (N-methyl/N-ethyl adjacent to an activating group) is 1. The highest BCUT2D eigenvalue weighted by atomic mass is 16.5. The van der Waals surface area contributed by atoms with Crippen molar-refractivity contribution in [2.45, 2.75) is 13.0 Å². The van der Waals surface area contributed by atoms with E-state index in [2.05, 4.69) is 5.32 Å². The van der Waals surface area contributed by atoms with Gasteiger partial charge in [0.15, 0.2) is 0 Å². The van der Waals surface area contributed by atoms with Gasteiger partial charge >= 0.3 is 0 Å². The van der Waals surface area contributed by atoms with Gasteiger partial charge < -0.3 is 20.7 Å². The summed E-state index contributed by atoms with van der Waals surface area (Å²) in [7, 11) is 3.10. The van der Waals surface area contributed by atoms with Crippen molar-refractivity contribution in [2.24, 2.45) is 5.73 Å². The summed E-state index contributed by atoms with van der Waals surface area (Å²) >= 11 is 0. The smallest absolute Gasteiger partial charge is 0.239 e. The Morgan fingerprint density at radius 2 is 2.13 bits per heavy atom. The zero-order valence-corrected chi connectivity index (χ0v) is 9.45. The van der Waals surface area contributed by atoms with E-state index in [1.54, 1.807) is 21.1 Å². The number of methoxy groups -OCH3 is 1. The third-order valence-electron chi connectivity index (χ3n) is 1.77. The highest BCUT2D eigenvalue weighted by molar-refractivity contribution is 5.86. The summed E-state index contributed by atoms with van der Waals surface area (Å²) in [6.07, 6.45) is 0. The second-order valence-electron chi connectivity index (χ2n) is 3.33. The fourth-order valence-corrected chi connectivity index (χ4v) is 0.989. The van der Waals surface area contributed by atoms with Gasteiger partial charge in [0.2, 0.25) is 11.8 Å². The summed E-state index contributed by atoms with van der Waals surface area (Å²) < 4.78 is 4.77. The molecule has 2 amide bonds. The van der Waals surface area contributed by atoms with E-state index in [1.165, 1.54) is 4.90 Å². The van der Waals surface area contributed by atoms with Gasteiger partial charge in [0, 0.05) is 20.7 Å². The molecule has 1 atom stereocenters. The number of amides is 2. The van der Waals surface area contributed by atoms with Gasteiger partial charge in [0.25, 0.3) is 0 Å². The number of nitrogens with two attached hydrogens (primary N) is 1. The quantitative estimate of drug-likeness (QED) is 0.533. The Hall–Kier alpha value is -1.14. The molecule has 6 nitrogen and oxygen atoms in total. The van der Waals surface area contributed by atoms with Gasteiger partial charge in [0.05, 0.1) is 19.2 Å². The Bertz CT molecular complexity index is 219. The normalized spacial score (nSPS) is 12.0. The number of carbonyl (C=O) groups excluding carboxylic acids is 2. The number of hydrogen-bond donors (Lipinski definition) is 2. The number of nitrogens with zero attached hydrogens (tertiary/aromatic N) is 1. The predicted molar refractivity (Wildman–Crippen MR) is 56.2 cm³/mol. The zero-order valence-electron chi connectivity index (χ0n) is 9.45. The first-order valence-corrected chi connectivity index (χ1v) is 4.75. The average molecular weight is 217 g/mol. The summed E-state index contributed by atoms with van der Waals surface area (Å²) in [6.45, 7) is 2.50. The minimum absolute atomic E-state index is 0.0179. The Kier molecular flexibility index (Phi) is 6.64. The van der Waals surface area contributed by atoms with E-state index in [9.17, 15) is 9.59 Å². The van der Waals surface area contributed by atoms with Gasteiger partial charge in [-0.25, -0.2) is 0 Å². The van der Waals surface area contributed by atoms with Crippen LogP contribution in [0.5, 0.6) is 0 Å². The predicted octanol–water partition coefficient (Wildman–Crippen LogP) is -1.45. The van der Waals surface area contributed by atoms with Crippen molar-refractivity contribution >= 4 is 11.8 Å². The number of rotatable bonds is 6. The standard InChI is InChI=1S/C9H19N3O3/c1-7(10)9(14)12(2)6-8(13)11-4-5-15-3/h7H,4-6,10H2,1-3H3,(H,11,13)/t7-/m0/s1. The molecule has 6 heteroatoms. The fourth-order valence-electron chi connectivity index (χ4n) is 0.989. The molecule has 0 rings (SSSR count). The van der Waals surface area contributed by atoms with Crippen LogP contribution in [-0.4, -0.2) is 56.6 Å². The molecule has 0 aromatic rings. The largest absolute Gasteiger partial charge is 0.383 e.